The summed E-state index contributed by atoms with van der Waals surface area (Å²) in [5, 5.41) is 0. The van der Waals surface area contributed by atoms with Crippen LogP contribution in [0.15, 0.2) is 16.7 Å². The molecule has 0 unspecified atom stereocenters. The van der Waals surface area contributed by atoms with E-state index in [0.29, 0.717) is 18.9 Å². The number of fused-ring (bicyclic) bond motifs is 1. The number of nitrogens with zero attached hydrogens (tertiary/aromatic N) is 1. The number of carbonyl (C=O) groups excluding carboxylic acids is 1. The van der Waals surface area contributed by atoms with Crippen molar-refractivity contribution in [1.82, 2.24) is 4.90 Å². The Bertz CT molecular complexity index is 594. The highest BCUT2D eigenvalue weighted by Gasteiger charge is 2.47. The Morgan fingerprint density at radius 2 is 2.29 bits per heavy atom. The van der Waals surface area contributed by atoms with E-state index in [1.807, 2.05) is 17.9 Å². The molecule has 4 rings (SSSR count). The lowest BCUT2D eigenvalue weighted by atomic mass is 9.73. The van der Waals surface area contributed by atoms with Crippen LogP contribution in [-0.2, 0) is 9.47 Å². The monoisotopic (exact) mass is 333 g/mol. The van der Waals surface area contributed by atoms with Gasteiger partial charge >= 0.3 is 0 Å². The number of hydrogen-bond acceptors (Lipinski definition) is 4. The average Bonchev–Trinajstić information content (AvgIpc) is 3.32. The van der Waals surface area contributed by atoms with Crippen molar-refractivity contribution in [3.8, 4) is 0 Å². The molecule has 24 heavy (non-hydrogen) atoms. The summed E-state index contributed by atoms with van der Waals surface area (Å²) in [5.41, 5.74) is 0.850. The summed E-state index contributed by atoms with van der Waals surface area (Å²) < 4.78 is 17.5. The molecule has 0 radical (unpaired) electrons. The van der Waals surface area contributed by atoms with Crippen LogP contribution in [-0.4, -0.2) is 49.8 Å². The SMILES string of the molecule is Cc1ccoc1C(=O)N1CC[C@H]2OCCC[C@@]2(COCC2CC2)C1. The summed E-state index contributed by atoms with van der Waals surface area (Å²) in [5.74, 6) is 1.23. The Morgan fingerprint density at radius 3 is 3.04 bits per heavy atom. The average molecular weight is 333 g/mol. The topological polar surface area (TPSA) is 51.9 Å². The minimum Gasteiger partial charge on any atom is -0.459 e. The van der Waals surface area contributed by atoms with Gasteiger partial charge in [-0.25, -0.2) is 0 Å². The maximum Gasteiger partial charge on any atom is 0.289 e. The molecule has 3 fully saturated rings. The highest BCUT2D eigenvalue weighted by Crippen LogP contribution is 2.41. The van der Waals surface area contributed by atoms with E-state index >= 15 is 0 Å². The van der Waals surface area contributed by atoms with Gasteiger partial charge in [0.2, 0.25) is 0 Å². The van der Waals surface area contributed by atoms with Crippen LogP contribution < -0.4 is 0 Å². The van der Waals surface area contributed by atoms with E-state index in [1.54, 1.807) is 6.26 Å². The number of hydrogen-bond donors (Lipinski definition) is 0. The fourth-order valence-electron chi connectivity index (χ4n) is 4.12. The van der Waals surface area contributed by atoms with Gasteiger partial charge in [0.15, 0.2) is 5.76 Å². The number of furan rings is 1. The Morgan fingerprint density at radius 1 is 1.42 bits per heavy atom. The van der Waals surface area contributed by atoms with E-state index in [0.717, 1.165) is 50.5 Å². The summed E-state index contributed by atoms with van der Waals surface area (Å²) in [6, 6.07) is 1.85. The predicted molar refractivity (Wildman–Crippen MR) is 88.9 cm³/mol. The third kappa shape index (κ3) is 3.11. The van der Waals surface area contributed by atoms with Gasteiger partial charge in [0.05, 0.1) is 19.0 Å². The number of carbonyl (C=O) groups is 1. The maximum atomic E-state index is 12.8. The normalized spacial score (nSPS) is 30.2. The quantitative estimate of drug-likeness (QED) is 0.831. The third-order valence-corrected chi connectivity index (χ3v) is 5.77. The van der Waals surface area contributed by atoms with Crippen LogP contribution >= 0.6 is 0 Å². The zero-order valence-corrected chi connectivity index (χ0v) is 14.5. The van der Waals surface area contributed by atoms with E-state index in [4.69, 9.17) is 13.9 Å². The van der Waals surface area contributed by atoms with Crippen molar-refractivity contribution in [1.29, 1.82) is 0 Å². The summed E-state index contributed by atoms with van der Waals surface area (Å²) in [4.78, 5) is 14.8. The number of likely N-dealkylation sites (tertiary alicyclic amines) is 1. The molecule has 0 bridgehead atoms. The van der Waals surface area contributed by atoms with Gasteiger partial charge < -0.3 is 18.8 Å². The Hall–Kier alpha value is -1.33. The summed E-state index contributed by atoms with van der Waals surface area (Å²) >= 11 is 0. The Kier molecular flexibility index (Phi) is 4.39. The summed E-state index contributed by atoms with van der Waals surface area (Å²) in [7, 11) is 0. The number of amides is 1. The van der Waals surface area contributed by atoms with Gasteiger partial charge in [-0.2, -0.15) is 0 Å². The molecule has 1 saturated carbocycles. The second-order valence-electron chi connectivity index (χ2n) is 7.73. The van der Waals surface area contributed by atoms with Crippen LogP contribution in [0.2, 0.25) is 0 Å². The van der Waals surface area contributed by atoms with Crippen molar-refractivity contribution < 1.29 is 18.7 Å². The molecule has 3 heterocycles. The number of rotatable bonds is 5. The van der Waals surface area contributed by atoms with Gasteiger partial charge in [-0.3, -0.25) is 4.79 Å². The van der Waals surface area contributed by atoms with E-state index < -0.39 is 0 Å². The number of ether oxygens (including phenoxy) is 2. The molecule has 0 aromatic carbocycles. The summed E-state index contributed by atoms with van der Waals surface area (Å²) in [6.07, 6.45) is 7.41. The molecule has 1 aromatic heterocycles. The van der Waals surface area contributed by atoms with E-state index in [2.05, 4.69) is 0 Å². The second-order valence-corrected chi connectivity index (χ2v) is 7.73. The number of aryl methyl sites for hydroxylation is 1. The van der Waals surface area contributed by atoms with Gasteiger partial charge in [-0.05, 0) is 51.0 Å². The van der Waals surface area contributed by atoms with Gasteiger partial charge in [0.25, 0.3) is 5.91 Å². The van der Waals surface area contributed by atoms with Crippen molar-refractivity contribution in [2.45, 2.75) is 45.1 Å². The van der Waals surface area contributed by atoms with Crippen molar-refractivity contribution in [3.05, 3.63) is 23.7 Å². The van der Waals surface area contributed by atoms with Gasteiger partial charge in [0.1, 0.15) is 0 Å². The first-order valence-electron chi connectivity index (χ1n) is 9.21. The largest absolute Gasteiger partial charge is 0.459 e. The van der Waals surface area contributed by atoms with Crippen LogP contribution in [0.4, 0.5) is 0 Å². The highest BCUT2D eigenvalue weighted by atomic mass is 16.5. The predicted octanol–water partition coefficient (Wildman–Crippen LogP) is 3.03. The molecule has 2 atom stereocenters. The third-order valence-electron chi connectivity index (χ3n) is 5.77. The lowest BCUT2D eigenvalue weighted by Crippen LogP contribution is -2.58. The lowest BCUT2D eigenvalue weighted by molar-refractivity contribution is -0.147. The molecule has 3 aliphatic rings. The van der Waals surface area contributed by atoms with Gasteiger partial charge in [-0.15, -0.1) is 0 Å². The van der Waals surface area contributed by atoms with Crippen molar-refractivity contribution in [3.63, 3.8) is 0 Å². The molecular weight excluding hydrogens is 306 g/mol. The number of piperidine rings is 1. The van der Waals surface area contributed by atoms with Crippen LogP contribution in [0, 0.1) is 18.3 Å². The molecule has 1 aliphatic carbocycles. The van der Waals surface area contributed by atoms with Gasteiger partial charge in [-0.1, -0.05) is 0 Å². The maximum absolute atomic E-state index is 12.8. The molecule has 0 N–H and O–H groups in total. The molecular formula is C19H27NO4. The van der Waals surface area contributed by atoms with Crippen molar-refractivity contribution in [2.24, 2.45) is 11.3 Å². The van der Waals surface area contributed by atoms with Crippen LogP contribution in [0.3, 0.4) is 0 Å². The molecule has 2 saturated heterocycles. The summed E-state index contributed by atoms with van der Waals surface area (Å²) in [6.45, 7) is 5.76. The van der Waals surface area contributed by atoms with Crippen LogP contribution in [0.25, 0.3) is 0 Å². The molecule has 132 valence electrons. The molecule has 0 spiro atoms. The molecule has 2 aliphatic heterocycles. The molecule has 1 amide bonds. The van der Waals surface area contributed by atoms with E-state index in [9.17, 15) is 4.79 Å². The standard InChI is InChI=1S/C19H27NO4/c1-14-6-10-24-17(14)18(21)20-8-5-16-19(12-20,7-2-9-23-16)13-22-11-15-3-4-15/h6,10,15-16H,2-5,7-9,11-13H2,1H3/t16-,19+/m1/s1. The fourth-order valence-corrected chi connectivity index (χ4v) is 4.12. The Labute approximate surface area is 143 Å². The molecule has 1 aromatic rings. The minimum absolute atomic E-state index is 0.00286. The first kappa shape index (κ1) is 16.2. The zero-order chi connectivity index (χ0) is 16.6. The van der Waals surface area contributed by atoms with Crippen molar-refractivity contribution in [2.75, 3.05) is 32.9 Å². The zero-order valence-electron chi connectivity index (χ0n) is 14.5. The minimum atomic E-state index is -0.0540. The van der Waals surface area contributed by atoms with E-state index in [-0.39, 0.29) is 17.4 Å². The first-order valence-corrected chi connectivity index (χ1v) is 9.21. The fraction of sp³-hybridized carbons (Fsp3) is 0.737. The van der Waals surface area contributed by atoms with E-state index in [1.165, 1.54) is 12.8 Å². The molecule has 5 nitrogen and oxygen atoms in total. The lowest BCUT2D eigenvalue weighted by Gasteiger charge is -2.50. The highest BCUT2D eigenvalue weighted by molar-refractivity contribution is 5.93. The smallest absolute Gasteiger partial charge is 0.289 e. The second kappa shape index (κ2) is 6.52. The van der Waals surface area contributed by atoms with Crippen LogP contribution in [0.1, 0.15) is 48.2 Å². The first-order chi connectivity index (χ1) is 11.7. The molecule has 5 heteroatoms. The van der Waals surface area contributed by atoms with Crippen LogP contribution in [0.5, 0.6) is 0 Å². The van der Waals surface area contributed by atoms with Gasteiger partial charge in [0, 0.05) is 37.3 Å². The van der Waals surface area contributed by atoms with Crippen molar-refractivity contribution >= 4 is 5.91 Å². The Balaban J connectivity index is 1.47.